The lowest BCUT2D eigenvalue weighted by molar-refractivity contribution is -0.135. The van der Waals surface area contributed by atoms with E-state index in [4.69, 9.17) is 4.74 Å². The van der Waals surface area contributed by atoms with Gasteiger partial charge in [-0.05, 0) is 49.7 Å². The number of hydrogen-bond donors (Lipinski definition) is 0. The summed E-state index contributed by atoms with van der Waals surface area (Å²) >= 11 is 0. The molecule has 5 nitrogen and oxygen atoms in total. The maximum Gasteiger partial charge on any atom is 0.228 e. The molecule has 0 bridgehead atoms. The van der Waals surface area contributed by atoms with E-state index in [0.717, 1.165) is 57.6 Å². The number of carbonyl (C=O) groups excluding carboxylic acids is 2. The van der Waals surface area contributed by atoms with Gasteiger partial charge in [-0.25, -0.2) is 0 Å². The fourth-order valence-corrected chi connectivity index (χ4v) is 4.92. The van der Waals surface area contributed by atoms with Gasteiger partial charge in [0.2, 0.25) is 11.8 Å². The number of likely N-dealkylation sites (tertiary alicyclic amines) is 2. The molecule has 0 aromatic heterocycles. The summed E-state index contributed by atoms with van der Waals surface area (Å²) in [6.45, 7) is 7.75. The van der Waals surface area contributed by atoms with Crippen molar-refractivity contribution in [2.45, 2.75) is 39.5 Å². The van der Waals surface area contributed by atoms with Crippen molar-refractivity contribution >= 4 is 11.8 Å². The second-order valence-electron chi connectivity index (χ2n) is 9.16. The fraction of sp³-hybridized carbons (Fsp3) is 0.652. The predicted molar refractivity (Wildman–Crippen MR) is 108 cm³/mol. The summed E-state index contributed by atoms with van der Waals surface area (Å²) < 4.78 is 6.10. The molecule has 0 radical (unpaired) electrons. The minimum Gasteiger partial charge on any atom is -0.493 e. The first-order valence-corrected chi connectivity index (χ1v) is 10.7. The Morgan fingerprint density at radius 2 is 1.75 bits per heavy atom. The summed E-state index contributed by atoms with van der Waals surface area (Å²) in [6.07, 6.45) is 4.11. The van der Waals surface area contributed by atoms with E-state index < -0.39 is 0 Å². The van der Waals surface area contributed by atoms with Crippen molar-refractivity contribution in [3.8, 4) is 5.75 Å². The zero-order chi connectivity index (χ0) is 19.7. The highest BCUT2D eigenvalue weighted by Gasteiger charge is 2.50. The number of nitrogens with zero attached hydrogens (tertiary/aromatic N) is 2. The number of amides is 2. The molecule has 2 atom stereocenters. The van der Waals surface area contributed by atoms with Crippen LogP contribution in [0.4, 0.5) is 0 Å². The molecule has 4 rings (SSSR count). The predicted octanol–water partition coefficient (Wildman–Crippen LogP) is 3.20. The van der Waals surface area contributed by atoms with Crippen molar-refractivity contribution in [1.29, 1.82) is 0 Å². The van der Waals surface area contributed by atoms with E-state index in [-0.39, 0.29) is 11.3 Å². The Balaban J connectivity index is 1.43. The molecule has 3 aliphatic rings. The van der Waals surface area contributed by atoms with E-state index in [1.807, 2.05) is 35.2 Å². The minimum atomic E-state index is -0.113. The van der Waals surface area contributed by atoms with Crippen LogP contribution in [0, 0.1) is 23.2 Å². The third-order valence-corrected chi connectivity index (χ3v) is 7.09. The monoisotopic (exact) mass is 384 g/mol. The highest BCUT2D eigenvalue weighted by molar-refractivity contribution is 5.85. The number of piperidine rings is 1. The van der Waals surface area contributed by atoms with E-state index in [9.17, 15) is 9.59 Å². The molecule has 1 aromatic carbocycles. The van der Waals surface area contributed by atoms with Gasteiger partial charge in [0.15, 0.2) is 0 Å². The van der Waals surface area contributed by atoms with E-state index in [0.29, 0.717) is 30.3 Å². The zero-order valence-corrected chi connectivity index (χ0v) is 17.1. The molecule has 2 aliphatic heterocycles. The minimum absolute atomic E-state index is 0.113. The highest BCUT2D eigenvalue weighted by atomic mass is 16.5. The highest BCUT2D eigenvalue weighted by Crippen LogP contribution is 2.48. The van der Waals surface area contributed by atoms with Crippen LogP contribution in [0.25, 0.3) is 0 Å². The van der Waals surface area contributed by atoms with Crippen molar-refractivity contribution < 1.29 is 14.3 Å². The summed E-state index contributed by atoms with van der Waals surface area (Å²) in [4.78, 5) is 28.7. The summed E-state index contributed by atoms with van der Waals surface area (Å²) in [7, 11) is 0. The molecule has 1 aliphatic carbocycles. The van der Waals surface area contributed by atoms with Crippen LogP contribution in [0.5, 0.6) is 5.75 Å². The van der Waals surface area contributed by atoms with Gasteiger partial charge in [0.1, 0.15) is 5.75 Å². The van der Waals surface area contributed by atoms with Gasteiger partial charge in [-0.15, -0.1) is 0 Å². The quantitative estimate of drug-likeness (QED) is 0.783. The van der Waals surface area contributed by atoms with Gasteiger partial charge in [0, 0.05) is 44.4 Å². The van der Waals surface area contributed by atoms with E-state index in [2.05, 4.69) is 11.8 Å². The lowest BCUT2D eigenvalue weighted by Gasteiger charge is -2.36. The van der Waals surface area contributed by atoms with Gasteiger partial charge in [0.05, 0.1) is 6.61 Å². The van der Waals surface area contributed by atoms with Gasteiger partial charge in [-0.3, -0.25) is 9.59 Å². The normalized spacial score (nSPS) is 26.9. The van der Waals surface area contributed by atoms with Crippen molar-refractivity contribution in [2.75, 3.05) is 32.8 Å². The topological polar surface area (TPSA) is 49.9 Å². The number of rotatable bonds is 5. The summed E-state index contributed by atoms with van der Waals surface area (Å²) in [5, 5.41) is 0. The van der Waals surface area contributed by atoms with Crippen LogP contribution in [-0.4, -0.2) is 54.4 Å². The molecule has 2 amide bonds. The number of ether oxygens (including phenoxy) is 1. The number of benzene rings is 1. The SMILES string of the molecule is CC(=O)N1CCC(C2CN(C(=O)C3(C)CC3)CC2COc2ccccc2)CC1. The first-order chi connectivity index (χ1) is 13.5. The zero-order valence-electron chi connectivity index (χ0n) is 17.1. The first-order valence-electron chi connectivity index (χ1n) is 10.7. The van der Waals surface area contributed by atoms with Crippen molar-refractivity contribution in [1.82, 2.24) is 9.80 Å². The molecule has 2 saturated heterocycles. The Labute approximate surface area is 168 Å². The Bertz CT molecular complexity index is 708. The second-order valence-corrected chi connectivity index (χ2v) is 9.16. The Morgan fingerprint density at radius 1 is 1.07 bits per heavy atom. The largest absolute Gasteiger partial charge is 0.493 e. The Morgan fingerprint density at radius 3 is 2.36 bits per heavy atom. The van der Waals surface area contributed by atoms with Crippen LogP contribution < -0.4 is 4.74 Å². The Kier molecular flexibility index (Phi) is 5.35. The third kappa shape index (κ3) is 4.03. The molecule has 2 unspecified atom stereocenters. The number of hydrogen-bond acceptors (Lipinski definition) is 3. The molecule has 0 N–H and O–H groups in total. The maximum atomic E-state index is 13.0. The van der Waals surface area contributed by atoms with Crippen LogP contribution in [0.3, 0.4) is 0 Å². The van der Waals surface area contributed by atoms with Gasteiger partial charge in [-0.1, -0.05) is 25.1 Å². The molecular formula is C23H32N2O3. The van der Waals surface area contributed by atoms with Crippen LogP contribution in [0.2, 0.25) is 0 Å². The van der Waals surface area contributed by atoms with Gasteiger partial charge in [0.25, 0.3) is 0 Å². The molecule has 0 spiro atoms. The number of para-hydroxylation sites is 1. The average Bonchev–Trinajstić information content (AvgIpc) is 3.33. The molecule has 28 heavy (non-hydrogen) atoms. The molecule has 152 valence electrons. The van der Waals surface area contributed by atoms with Crippen LogP contribution in [0.1, 0.15) is 39.5 Å². The van der Waals surface area contributed by atoms with E-state index >= 15 is 0 Å². The van der Waals surface area contributed by atoms with Crippen molar-refractivity contribution in [3.63, 3.8) is 0 Å². The average molecular weight is 385 g/mol. The van der Waals surface area contributed by atoms with Gasteiger partial charge in [-0.2, -0.15) is 0 Å². The van der Waals surface area contributed by atoms with Gasteiger partial charge < -0.3 is 14.5 Å². The summed E-state index contributed by atoms with van der Waals surface area (Å²) in [6, 6.07) is 9.95. The molecule has 3 fully saturated rings. The summed E-state index contributed by atoms with van der Waals surface area (Å²) in [5.41, 5.74) is -0.113. The van der Waals surface area contributed by atoms with E-state index in [1.54, 1.807) is 6.92 Å². The number of carbonyl (C=O) groups is 2. The Hall–Kier alpha value is -2.04. The second kappa shape index (κ2) is 7.76. The maximum absolute atomic E-state index is 13.0. The van der Waals surface area contributed by atoms with Crippen molar-refractivity contribution in [2.24, 2.45) is 23.2 Å². The van der Waals surface area contributed by atoms with Crippen LogP contribution in [-0.2, 0) is 9.59 Å². The lowest BCUT2D eigenvalue weighted by atomic mass is 9.78. The fourth-order valence-electron chi connectivity index (χ4n) is 4.92. The van der Waals surface area contributed by atoms with Gasteiger partial charge >= 0.3 is 0 Å². The molecule has 1 saturated carbocycles. The third-order valence-electron chi connectivity index (χ3n) is 7.09. The first kappa shape index (κ1) is 19.3. The smallest absolute Gasteiger partial charge is 0.228 e. The molecular weight excluding hydrogens is 352 g/mol. The van der Waals surface area contributed by atoms with Crippen LogP contribution in [0.15, 0.2) is 30.3 Å². The van der Waals surface area contributed by atoms with Crippen molar-refractivity contribution in [3.05, 3.63) is 30.3 Å². The lowest BCUT2D eigenvalue weighted by Crippen LogP contribution is -2.41. The van der Waals surface area contributed by atoms with Crippen LogP contribution >= 0.6 is 0 Å². The molecule has 1 aromatic rings. The summed E-state index contributed by atoms with van der Waals surface area (Å²) in [5.74, 6) is 2.79. The molecule has 5 heteroatoms. The molecule has 2 heterocycles. The van der Waals surface area contributed by atoms with E-state index in [1.165, 1.54) is 0 Å². The standard InChI is InChI=1S/C23H32N2O3/c1-17(26)24-12-8-18(9-13-24)21-15-25(22(27)23(2)10-11-23)14-19(21)16-28-20-6-4-3-5-7-20/h3-7,18-19,21H,8-16H2,1-2H3.